The number of halogens is 2. The minimum atomic E-state index is -1.21. The number of imide groups is 1. The number of hydrogen-bond acceptors (Lipinski definition) is 4. The number of carboxylic acid groups (broad SMARTS) is 1. The van der Waals surface area contributed by atoms with Gasteiger partial charge < -0.3 is 9.84 Å². The first-order valence-corrected chi connectivity index (χ1v) is 7.99. The van der Waals surface area contributed by atoms with E-state index >= 15 is 0 Å². The summed E-state index contributed by atoms with van der Waals surface area (Å²) in [5.74, 6) is -3.58. The van der Waals surface area contributed by atoms with E-state index < -0.39 is 23.6 Å². The van der Waals surface area contributed by atoms with Gasteiger partial charge in [-0.2, -0.15) is 0 Å². The summed E-state index contributed by atoms with van der Waals surface area (Å²) < 4.78 is 19.3. The van der Waals surface area contributed by atoms with Crippen LogP contribution in [0.1, 0.15) is 32.6 Å². The second-order valence-corrected chi connectivity index (χ2v) is 5.97. The molecule has 0 aromatic heterocycles. The van der Waals surface area contributed by atoms with Crippen molar-refractivity contribution >= 4 is 35.1 Å². The first-order valence-electron chi connectivity index (χ1n) is 7.61. The molecule has 0 radical (unpaired) electrons. The van der Waals surface area contributed by atoms with Gasteiger partial charge in [0.05, 0.1) is 17.8 Å². The molecule has 1 N–H and O–H groups in total. The van der Waals surface area contributed by atoms with Gasteiger partial charge in [-0.25, -0.2) is 14.1 Å². The lowest BCUT2D eigenvalue weighted by Crippen LogP contribution is -2.38. The maximum Gasteiger partial charge on any atom is 0.332 e. The summed E-state index contributed by atoms with van der Waals surface area (Å²) in [6.45, 7) is 1.10. The minimum Gasteiger partial charge on any atom is -0.495 e. The van der Waals surface area contributed by atoms with Gasteiger partial charge in [0.1, 0.15) is 11.6 Å². The number of aliphatic carboxylic acids is 1. The predicted octanol–water partition coefficient (Wildman–Crippen LogP) is 3.32. The minimum absolute atomic E-state index is 0.0113. The molecule has 1 aromatic rings. The number of methoxy groups -OCH3 is 1. The van der Waals surface area contributed by atoms with Gasteiger partial charge in [0, 0.05) is 24.1 Å². The van der Waals surface area contributed by atoms with Crippen molar-refractivity contribution in [3.05, 3.63) is 34.1 Å². The highest BCUT2D eigenvalue weighted by molar-refractivity contribution is 6.32. The Morgan fingerprint density at radius 1 is 1.20 bits per heavy atom. The number of rotatable bonds is 4. The molecule has 0 fully saturated rings. The number of anilines is 1. The van der Waals surface area contributed by atoms with Crippen molar-refractivity contribution in [2.75, 3.05) is 12.0 Å². The number of carboxylic acids is 1. The predicted molar refractivity (Wildman–Crippen MR) is 89.3 cm³/mol. The molecule has 1 aliphatic carbocycles. The van der Waals surface area contributed by atoms with Gasteiger partial charge in [-0.1, -0.05) is 11.6 Å². The topological polar surface area (TPSA) is 83.9 Å². The fourth-order valence-corrected chi connectivity index (χ4v) is 3.01. The molecular weight excluding hydrogens is 353 g/mol. The number of benzene rings is 1. The normalized spacial score (nSPS) is 14.2. The van der Waals surface area contributed by atoms with Gasteiger partial charge in [-0.05, 0) is 31.7 Å². The van der Waals surface area contributed by atoms with E-state index in [2.05, 4.69) is 0 Å². The first-order chi connectivity index (χ1) is 11.8. The summed E-state index contributed by atoms with van der Waals surface area (Å²) in [6, 6.07) is 2.08. The molecule has 0 heterocycles. The van der Waals surface area contributed by atoms with Crippen LogP contribution in [0.2, 0.25) is 5.02 Å². The molecule has 2 amide bonds. The average Bonchev–Trinajstić information content (AvgIpc) is 2.56. The average molecular weight is 370 g/mol. The molecular formula is C17H17ClFNO5. The Morgan fingerprint density at radius 2 is 1.80 bits per heavy atom. The van der Waals surface area contributed by atoms with Crippen LogP contribution in [-0.4, -0.2) is 30.0 Å². The second kappa shape index (κ2) is 7.65. The summed E-state index contributed by atoms with van der Waals surface area (Å²) in [5, 5.41) is 9.29. The Morgan fingerprint density at radius 3 is 2.32 bits per heavy atom. The van der Waals surface area contributed by atoms with Crippen molar-refractivity contribution in [3.8, 4) is 5.75 Å². The monoisotopic (exact) mass is 369 g/mol. The Kier molecular flexibility index (Phi) is 5.79. The lowest BCUT2D eigenvalue weighted by molar-refractivity contribution is -0.133. The highest BCUT2D eigenvalue weighted by Gasteiger charge is 2.31. The van der Waals surface area contributed by atoms with Gasteiger partial charge in [-0.3, -0.25) is 9.59 Å². The second-order valence-electron chi connectivity index (χ2n) is 5.57. The number of amides is 2. The van der Waals surface area contributed by atoms with E-state index in [1.54, 1.807) is 0 Å². The fraction of sp³-hybridized carbons (Fsp3) is 0.353. The number of nitrogens with zero attached hydrogens (tertiary/aromatic N) is 1. The molecule has 0 saturated heterocycles. The zero-order valence-electron chi connectivity index (χ0n) is 13.8. The van der Waals surface area contributed by atoms with E-state index in [1.807, 2.05) is 0 Å². The quantitative estimate of drug-likeness (QED) is 0.880. The highest BCUT2D eigenvalue weighted by Crippen LogP contribution is 2.34. The standard InChI is InChI=1S/C17H17ClFNO5/c1-9(21)20(14-8-15(25-2)12(18)7-13(14)19)16(22)10-5-3-4-6-11(10)17(23)24/h7-8H,3-6H2,1-2H3,(H,23,24). The van der Waals surface area contributed by atoms with Gasteiger partial charge in [-0.15, -0.1) is 0 Å². The molecule has 2 rings (SSSR count). The molecule has 0 unspecified atom stereocenters. The summed E-state index contributed by atoms with van der Waals surface area (Å²) in [6.07, 6.45) is 1.71. The number of carbonyl (C=O) groups excluding carboxylic acids is 2. The summed E-state index contributed by atoms with van der Waals surface area (Å²) >= 11 is 5.84. The Labute approximate surface area is 148 Å². The Hall–Kier alpha value is -2.41. The van der Waals surface area contributed by atoms with Crippen molar-refractivity contribution in [2.24, 2.45) is 0 Å². The van der Waals surface area contributed by atoms with E-state index in [9.17, 15) is 23.9 Å². The van der Waals surface area contributed by atoms with Crippen LogP contribution in [-0.2, 0) is 14.4 Å². The Balaban J connectivity index is 2.57. The van der Waals surface area contributed by atoms with E-state index in [-0.39, 0.29) is 40.4 Å². The van der Waals surface area contributed by atoms with Crippen molar-refractivity contribution in [1.29, 1.82) is 0 Å². The number of hydrogen-bond donors (Lipinski definition) is 1. The largest absolute Gasteiger partial charge is 0.495 e. The molecule has 1 aromatic carbocycles. The molecule has 25 heavy (non-hydrogen) atoms. The van der Waals surface area contributed by atoms with Crippen LogP contribution >= 0.6 is 11.6 Å². The van der Waals surface area contributed by atoms with Gasteiger partial charge in [0.15, 0.2) is 0 Å². The van der Waals surface area contributed by atoms with E-state index in [1.165, 1.54) is 7.11 Å². The van der Waals surface area contributed by atoms with Crippen LogP contribution in [0, 0.1) is 5.82 Å². The van der Waals surface area contributed by atoms with Crippen molar-refractivity contribution < 1.29 is 28.6 Å². The van der Waals surface area contributed by atoms with Gasteiger partial charge in [0.25, 0.3) is 5.91 Å². The molecule has 6 nitrogen and oxygen atoms in total. The lowest BCUT2D eigenvalue weighted by atomic mass is 9.90. The maximum absolute atomic E-state index is 14.3. The number of ether oxygens (including phenoxy) is 1. The molecule has 0 spiro atoms. The fourth-order valence-electron chi connectivity index (χ4n) is 2.78. The maximum atomic E-state index is 14.3. The summed E-state index contributed by atoms with van der Waals surface area (Å²) in [5.41, 5.74) is -0.354. The van der Waals surface area contributed by atoms with Crippen molar-refractivity contribution in [1.82, 2.24) is 0 Å². The van der Waals surface area contributed by atoms with Crippen LogP contribution in [0.5, 0.6) is 5.75 Å². The van der Waals surface area contributed by atoms with Crippen LogP contribution in [0.15, 0.2) is 23.3 Å². The van der Waals surface area contributed by atoms with E-state index in [0.29, 0.717) is 17.7 Å². The van der Waals surface area contributed by atoms with Crippen LogP contribution < -0.4 is 9.64 Å². The lowest BCUT2D eigenvalue weighted by Gasteiger charge is -2.25. The highest BCUT2D eigenvalue weighted by atomic mass is 35.5. The SMILES string of the molecule is COc1cc(N(C(C)=O)C(=O)C2=C(C(=O)O)CCCC2)c(F)cc1Cl. The Bertz CT molecular complexity index is 775. The van der Waals surface area contributed by atoms with Crippen LogP contribution in [0.25, 0.3) is 0 Å². The smallest absolute Gasteiger partial charge is 0.332 e. The summed E-state index contributed by atoms with van der Waals surface area (Å²) in [4.78, 5) is 36.9. The van der Waals surface area contributed by atoms with Crippen LogP contribution in [0.3, 0.4) is 0 Å². The van der Waals surface area contributed by atoms with E-state index in [4.69, 9.17) is 16.3 Å². The van der Waals surface area contributed by atoms with E-state index in [0.717, 1.165) is 19.1 Å². The van der Waals surface area contributed by atoms with Crippen LogP contribution in [0.4, 0.5) is 10.1 Å². The molecule has 0 aliphatic heterocycles. The zero-order chi connectivity index (χ0) is 18.7. The van der Waals surface area contributed by atoms with Crippen molar-refractivity contribution in [2.45, 2.75) is 32.6 Å². The first kappa shape index (κ1) is 18.9. The van der Waals surface area contributed by atoms with Crippen molar-refractivity contribution in [3.63, 3.8) is 0 Å². The molecule has 134 valence electrons. The van der Waals surface area contributed by atoms with Gasteiger partial charge >= 0.3 is 5.97 Å². The number of carbonyl (C=O) groups is 3. The zero-order valence-corrected chi connectivity index (χ0v) is 14.5. The molecule has 0 bridgehead atoms. The molecule has 0 atom stereocenters. The molecule has 1 aliphatic rings. The molecule has 0 saturated carbocycles. The molecule has 8 heteroatoms. The van der Waals surface area contributed by atoms with Gasteiger partial charge in [0.2, 0.25) is 5.91 Å². The third-order valence-electron chi connectivity index (χ3n) is 3.96. The third kappa shape index (κ3) is 3.82. The third-order valence-corrected chi connectivity index (χ3v) is 4.26. The summed E-state index contributed by atoms with van der Waals surface area (Å²) in [7, 11) is 1.31.